The number of benzene rings is 2. The summed E-state index contributed by atoms with van der Waals surface area (Å²) >= 11 is 1.58. The van der Waals surface area contributed by atoms with Gasteiger partial charge in [-0.1, -0.05) is 60.3 Å². The number of hydrogen-bond acceptors (Lipinski definition) is 3. The van der Waals surface area contributed by atoms with Gasteiger partial charge in [-0.15, -0.1) is 0 Å². The molecule has 0 amide bonds. The number of anilines is 1. The maximum Gasteiger partial charge on any atom is 0.0948 e. The summed E-state index contributed by atoms with van der Waals surface area (Å²) in [4.78, 5) is 2.11. The lowest BCUT2D eigenvalue weighted by Gasteiger charge is -2.23. The zero-order valence-electron chi connectivity index (χ0n) is 10.7. The number of para-hydroxylation sites is 1. The molecule has 1 aliphatic rings. The van der Waals surface area contributed by atoms with Crippen LogP contribution in [-0.4, -0.2) is 0 Å². The fourth-order valence-corrected chi connectivity index (χ4v) is 3.05. The number of hydrogen-bond donors (Lipinski definition) is 0. The smallest absolute Gasteiger partial charge is 0.0948 e. The quantitative estimate of drug-likeness (QED) is 0.750. The third-order valence-electron chi connectivity index (χ3n) is 3.02. The van der Waals surface area contributed by atoms with Crippen LogP contribution in [0.15, 0.2) is 77.2 Å². The summed E-state index contributed by atoms with van der Waals surface area (Å²) in [6.07, 6.45) is 1.59. The number of allylic oxidation sites excluding steroid dienone is 1. The largest absolute Gasteiger partial charge is 0.303 e. The van der Waals surface area contributed by atoms with Gasteiger partial charge in [0.05, 0.1) is 16.8 Å². The van der Waals surface area contributed by atoms with E-state index in [2.05, 4.69) is 28.5 Å². The summed E-state index contributed by atoms with van der Waals surface area (Å²) in [5, 5.41) is 12.0. The molecule has 0 unspecified atom stereocenters. The van der Waals surface area contributed by atoms with E-state index in [1.807, 2.05) is 48.5 Å². The van der Waals surface area contributed by atoms with Crippen LogP contribution in [0.2, 0.25) is 0 Å². The minimum Gasteiger partial charge on any atom is -0.303 e. The summed E-state index contributed by atoms with van der Waals surface area (Å²) in [7, 11) is 0. The fraction of sp³-hybridized carbons (Fsp3) is 0. The average Bonchev–Trinajstić information content (AvgIpc) is 2.93. The van der Waals surface area contributed by atoms with Crippen molar-refractivity contribution in [3.05, 3.63) is 82.7 Å². The lowest BCUT2D eigenvalue weighted by atomic mass is 10.1. The highest BCUT2D eigenvalue weighted by molar-refractivity contribution is 8.06. The first kappa shape index (κ1) is 12.6. The van der Waals surface area contributed by atoms with Crippen molar-refractivity contribution in [1.29, 1.82) is 5.26 Å². The zero-order valence-corrected chi connectivity index (χ0v) is 11.5. The van der Waals surface area contributed by atoms with Crippen LogP contribution in [0.1, 0.15) is 5.56 Å². The number of rotatable bonds is 2. The second kappa shape index (κ2) is 5.68. The third kappa shape index (κ3) is 2.34. The van der Waals surface area contributed by atoms with Gasteiger partial charge in [-0.2, -0.15) is 5.26 Å². The molecule has 0 saturated carbocycles. The molecule has 0 aromatic heterocycles. The van der Waals surface area contributed by atoms with E-state index in [4.69, 9.17) is 5.26 Å². The van der Waals surface area contributed by atoms with Crippen LogP contribution in [0, 0.1) is 11.3 Å². The highest BCUT2D eigenvalue weighted by Crippen LogP contribution is 2.42. The van der Waals surface area contributed by atoms with E-state index >= 15 is 0 Å². The molecule has 2 nitrogen and oxygen atoms in total. The number of nitriles is 1. The SMILES string of the molecule is N#C/C=C1\SC=C(c2ccccc2)N1c1ccccc1. The molecule has 0 radical (unpaired) electrons. The summed E-state index contributed by atoms with van der Waals surface area (Å²) in [5.74, 6) is 0. The normalized spacial score (nSPS) is 16.1. The van der Waals surface area contributed by atoms with Crippen LogP contribution in [-0.2, 0) is 0 Å². The Morgan fingerprint density at radius 2 is 1.60 bits per heavy atom. The maximum absolute atomic E-state index is 8.96. The Labute approximate surface area is 122 Å². The molecule has 1 aliphatic heterocycles. The molecule has 20 heavy (non-hydrogen) atoms. The van der Waals surface area contributed by atoms with Crippen molar-refractivity contribution in [3.63, 3.8) is 0 Å². The summed E-state index contributed by atoms with van der Waals surface area (Å²) < 4.78 is 0. The van der Waals surface area contributed by atoms with Gasteiger partial charge in [-0.3, -0.25) is 0 Å². The molecular formula is C17H12N2S. The van der Waals surface area contributed by atoms with Crippen LogP contribution >= 0.6 is 11.8 Å². The minimum atomic E-state index is 0.928. The molecule has 0 saturated heterocycles. The highest BCUT2D eigenvalue weighted by atomic mass is 32.2. The van der Waals surface area contributed by atoms with E-state index < -0.39 is 0 Å². The first-order chi connectivity index (χ1) is 9.90. The van der Waals surface area contributed by atoms with Crippen molar-refractivity contribution in [2.75, 3.05) is 4.90 Å². The van der Waals surface area contributed by atoms with E-state index in [9.17, 15) is 0 Å². The monoisotopic (exact) mass is 276 g/mol. The summed E-state index contributed by atoms with van der Waals surface area (Å²) in [6.45, 7) is 0. The Kier molecular flexibility index (Phi) is 3.58. The van der Waals surface area contributed by atoms with Gasteiger partial charge in [-0.25, -0.2) is 0 Å². The molecule has 2 aromatic carbocycles. The van der Waals surface area contributed by atoms with E-state index in [1.54, 1.807) is 17.8 Å². The van der Waals surface area contributed by atoms with E-state index in [0.717, 1.165) is 22.0 Å². The third-order valence-corrected chi connectivity index (χ3v) is 3.91. The van der Waals surface area contributed by atoms with Crippen LogP contribution in [0.25, 0.3) is 5.70 Å². The van der Waals surface area contributed by atoms with E-state index in [1.165, 1.54) is 0 Å². The van der Waals surface area contributed by atoms with Crippen molar-refractivity contribution in [3.8, 4) is 6.07 Å². The molecular weight excluding hydrogens is 264 g/mol. The highest BCUT2D eigenvalue weighted by Gasteiger charge is 2.23. The van der Waals surface area contributed by atoms with Crippen molar-refractivity contribution < 1.29 is 0 Å². The Hall–Kier alpha value is -2.44. The molecule has 0 fully saturated rings. The van der Waals surface area contributed by atoms with Gasteiger partial charge in [0, 0.05) is 17.2 Å². The lowest BCUT2D eigenvalue weighted by Crippen LogP contribution is -2.15. The molecule has 1 heterocycles. The van der Waals surface area contributed by atoms with Crippen molar-refractivity contribution >= 4 is 23.1 Å². The molecule has 0 aliphatic carbocycles. The van der Waals surface area contributed by atoms with Gasteiger partial charge >= 0.3 is 0 Å². The molecule has 2 aromatic rings. The molecule has 96 valence electrons. The van der Waals surface area contributed by atoms with Gasteiger partial charge in [0.1, 0.15) is 0 Å². The van der Waals surface area contributed by atoms with Crippen LogP contribution in [0.5, 0.6) is 0 Å². The van der Waals surface area contributed by atoms with E-state index in [-0.39, 0.29) is 0 Å². The first-order valence-corrected chi connectivity index (χ1v) is 7.15. The molecule has 0 atom stereocenters. The Morgan fingerprint density at radius 3 is 2.25 bits per heavy atom. The fourth-order valence-electron chi connectivity index (χ4n) is 2.14. The van der Waals surface area contributed by atoms with Crippen molar-refractivity contribution in [1.82, 2.24) is 0 Å². The molecule has 0 bridgehead atoms. The standard InChI is InChI=1S/C17H12N2S/c18-12-11-17-19(15-9-5-2-6-10-15)16(13-20-17)14-7-3-1-4-8-14/h1-11,13H/b17-11-. The molecule has 3 rings (SSSR count). The lowest BCUT2D eigenvalue weighted by molar-refractivity contribution is 1.28. The predicted octanol–water partition coefficient (Wildman–Crippen LogP) is 4.60. The summed E-state index contributed by atoms with van der Waals surface area (Å²) in [5.41, 5.74) is 3.31. The van der Waals surface area contributed by atoms with Gasteiger partial charge < -0.3 is 4.90 Å². The second-order valence-electron chi connectivity index (χ2n) is 4.27. The second-order valence-corrected chi connectivity index (χ2v) is 5.16. The molecule has 3 heteroatoms. The van der Waals surface area contributed by atoms with Gasteiger partial charge in [0.15, 0.2) is 0 Å². The topological polar surface area (TPSA) is 27.0 Å². The Balaban J connectivity index is 2.07. The van der Waals surface area contributed by atoms with Gasteiger partial charge in [0.25, 0.3) is 0 Å². The number of thioether (sulfide) groups is 1. The van der Waals surface area contributed by atoms with Gasteiger partial charge in [0.2, 0.25) is 0 Å². The first-order valence-electron chi connectivity index (χ1n) is 6.27. The Morgan fingerprint density at radius 1 is 0.950 bits per heavy atom. The molecule has 0 spiro atoms. The van der Waals surface area contributed by atoms with Crippen LogP contribution in [0.3, 0.4) is 0 Å². The average molecular weight is 276 g/mol. The zero-order chi connectivity index (χ0) is 13.8. The Bertz CT molecular complexity index is 697. The maximum atomic E-state index is 8.96. The van der Waals surface area contributed by atoms with Crippen molar-refractivity contribution in [2.45, 2.75) is 0 Å². The summed E-state index contributed by atoms with van der Waals surface area (Å²) in [6, 6.07) is 22.4. The van der Waals surface area contributed by atoms with Crippen LogP contribution < -0.4 is 4.90 Å². The number of nitrogens with zero attached hydrogens (tertiary/aromatic N) is 2. The van der Waals surface area contributed by atoms with E-state index in [0.29, 0.717) is 0 Å². The predicted molar refractivity (Wildman–Crippen MR) is 84.6 cm³/mol. The van der Waals surface area contributed by atoms with Crippen molar-refractivity contribution in [2.24, 2.45) is 0 Å². The minimum absolute atomic E-state index is 0.928. The van der Waals surface area contributed by atoms with Crippen LogP contribution in [0.4, 0.5) is 5.69 Å². The molecule has 0 N–H and O–H groups in total. The van der Waals surface area contributed by atoms with Gasteiger partial charge in [-0.05, 0) is 17.7 Å².